The smallest absolute Gasteiger partial charge is 0.233 e. The molecule has 1 amide bonds. The van der Waals surface area contributed by atoms with E-state index in [0.29, 0.717) is 6.54 Å². The van der Waals surface area contributed by atoms with Crippen molar-refractivity contribution in [2.24, 2.45) is 0 Å². The Morgan fingerprint density at radius 3 is 2.69 bits per heavy atom. The third-order valence-electron chi connectivity index (χ3n) is 4.21. The van der Waals surface area contributed by atoms with Crippen LogP contribution in [-0.4, -0.2) is 28.2 Å². The van der Waals surface area contributed by atoms with Crippen molar-refractivity contribution in [2.45, 2.75) is 37.6 Å². The minimum absolute atomic E-state index is 0.0119. The number of fused-ring (bicyclic) bond motifs is 1. The van der Waals surface area contributed by atoms with Gasteiger partial charge >= 0.3 is 0 Å². The van der Waals surface area contributed by atoms with Gasteiger partial charge in [0.05, 0.1) is 12.4 Å². The van der Waals surface area contributed by atoms with Crippen molar-refractivity contribution < 1.29 is 9.53 Å². The predicted octanol–water partition coefficient (Wildman–Crippen LogP) is 4.11. The van der Waals surface area contributed by atoms with Crippen molar-refractivity contribution in [2.75, 3.05) is 7.11 Å². The molecule has 2 heterocycles. The molecule has 1 aromatic carbocycles. The van der Waals surface area contributed by atoms with Crippen LogP contribution >= 0.6 is 23.1 Å². The summed E-state index contributed by atoms with van der Waals surface area (Å²) < 4.78 is 5.14. The average molecular weight is 388 g/mol. The molecule has 2 aromatic heterocycles. The summed E-state index contributed by atoms with van der Waals surface area (Å²) in [6.07, 6.45) is 1.57. The van der Waals surface area contributed by atoms with E-state index in [-0.39, 0.29) is 11.2 Å². The van der Waals surface area contributed by atoms with Crippen LogP contribution in [0.25, 0.3) is 10.2 Å². The van der Waals surface area contributed by atoms with Gasteiger partial charge in [-0.15, -0.1) is 11.3 Å². The van der Waals surface area contributed by atoms with Gasteiger partial charge in [0.2, 0.25) is 5.91 Å². The van der Waals surface area contributed by atoms with E-state index in [1.807, 2.05) is 31.2 Å². The van der Waals surface area contributed by atoms with Crippen molar-refractivity contribution in [3.63, 3.8) is 0 Å². The molecule has 3 rings (SSSR count). The number of thioether (sulfide) groups is 1. The Morgan fingerprint density at radius 1 is 1.27 bits per heavy atom. The molecule has 1 unspecified atom stereocenters. The molecule has 1 N–H and O–H groups in total. The third kappa shape index (κ3) is 3.99. The standard InChI is InChI=1S/C19H21N3O2S2/c1-11-12(2)25-18-16(11)19(22-10-21-18)26-13(3)17(23)20-9-14-5-7-15(24-4)8-6-14/h5-8,10,13H,9H2,1-4H3,(H,20,23). The number of rotatable bonds is 6. The van der Waals surface area contributed by atoms with Gasteiger partial charge in [-0.25, -0.2) is 9.97 Å². The molecule has 0 saturated heterocycles. The molecule has 0 fully saturated rings. The van der Waals surface area contributed by atoms with Gasteiger partial charge in [-0.1, -0.05) is 23.9 Å². The monoisotopic (exact) mass is 387 g/mol. The Morgan fingerprint density at radius 2 is 2.00 bits per heavy atom. The lowest BCUT2D eigenvalue weighted by Crippen LogP contribution is -2.30. The van der Waals surface area contributed by atoms with E-state index in [9.17, 15) is 4.79 Å². The minimum Gasteiger partial charge on any atom is -0.497 e. The molecule has 5 nitrogen and oxygen atoms in total. The molecule has 0 saturated carbocycles. The lowest BCUT2D eigenvalue weighted by atomic mass is 10.2. The first-order valence-electron chi connectivity index (χ1n) is 8.27. The maximum absolute atomic E-state index is 12.5. The van der Waals surface area contributed by atoms with Crippen LogP contribution in [0, 0.1) is 13.8 Å². The number of aromatic nitrogens is 2. The highest BCUT2D eigenvalue weighted by molar-refractivity contribution is 8.00. The normalized spacial score (nSPS) is 12.2. The first kappa shape index (κ1) is 18.7. The van der Waals surface area contributed by atoms with Crippen LogP contribution in [0.5, 0.6) is 5.75 Å². The van der Waals surface area contributed by atoms with Crippen LogP contribution in [0.2, 0.25) is 0 Å². The van der Waals surface area contributed by atoms with Crippen molar-refractivity contribution in [3.8, 4) is 5.75 Å². The maximum atomic E-state index is 12.5. The topological polar surface area (TPSA) is 64.1 Å². The van der Waals surface area contributed by atoms with Gasteiger partial charge in [0.25, 0.3) is 0 Å². The maximum Gasteiger partial charge on any atom is 0.233 e. The van der Waals surface area contributed by atoms with Crippen LogP contribution in [0.15, 0.2) is 35.6 Å². The lowest BCUT2D eigenvalue weighted by molar-refractivity contribution is -0.120. The van der Waals surface area contributed by atoms with Gasteiger partial charge in [0.15, 0.2) is 0 Å². The molecular formula is C19H21N3O2S2. The Kier molecular flexibility index (Phi) is 5.78. The second-order valence-corrected chi connectivity index (χ2v) is 8.50. The summed E-state index contributed by atoms with van der Waals surface area (Å²) in [6.45, 7) is 6.55. The van der Waals surface area contributed by atoms with Crippen molar-refractivity contribution in [1.29, 1.82) is 0 Å². The van der Waals surface area contributed by atoms with E-state index in [1.54, 1.807) is 24.8 Å². The highest BCUT2D eigenvalue weighted by Gasteiger charge is 2.19. The summed E-state index contributed by atoms with van der Waals surface area (Å²) in [5.41, 5.74) is 2.23. The number of aryl methyl sites for hydroxylation is 2. The fourth-order valence-electron chi connectivity index (χ4n) is 2.54. The van der Waals surface area contributed by atoms with Crippen LogP contribution < -0.4 is 10.1 Å². The minimum atomic E-state index is -0.244. The Labute approximate surface area is 161 Å². The zero-order chi connectivity index (χ0) is 18.7. The molecule has 0 aliphatic carbocycles. The van der Waals surface area contributed by atoms with Gasteiger partial charge in [0, 0.05) is 16.8 Å². The van der Waals surface area contributed by atoms with E-state index in [1.165, 1.54) is 22.2 Å². The number of thiophene rings is 1. The number of methoxy groups -OCH3 is 1. The highest BCUT2D eigenvalue weighted by Crippen LogP contribution is 2.35. The highest BCUT2D eigenvalue weighted by atomic mass is 32.2. The molecule has 1 atom stereocenters. The van der Waals surface area contributed by atoms with Crippen LogP contribution in [0.1, 0.15) is 22.9 Å². The quantitative estimate of drug-likeness (QED) is 0.509. The first-order chi connectivity index (χ1) is 12.5. The van der Waals surface area contributed by atoms with E-state index in [4.69, 9.17) is 4.74 Å². The number of hydrogen-bond donors (Lipinski definition) is 1. The number of nitrogens with one attached hydrogen (secondary N) is 1. The van der Waals surface area contributed by atoms with Crippen molar-refractivity contribution in [3.05, 3.63) is 46.6 Å². The van der Waals surface area contributed by atoms with Gasteiger partial charge in [-0.05, 0) is 44.0 Å². The molecule has 26 heavy (non-hydrogen) atoms. The summed E-state index contributed by atoms with van der Waals surface area (Å²) in [5.74, 6) is 0.792. The summed E-state index contributed by atoms with van der Waals surface area (Å²) in [6, 6.07) is 7.67. The van der Waals surface area contributed by atoms with Crippen molar-refractivity contribution >= 4 is 39.2 Å². The number of hydrogen-bond acceptors (Lipinski definition) is 6. The molecule has 0 aliphatic rings. The van der Waals surface area contributed by atoms with Gasteiger partial charge in [-0.2, -0.15) is 0 Å². The summed E-state index contributed by atoms with van der Waals surface area (Å²) in [5, 5.41) is 4.67. The van der Waals surface area contributed by atoms with Gasteiger partial charge in [-0.3, -0.25) is 4.79 Å². The Balaban J connectivity index is 1.66. The Hall–Kier alpha value is -2.12. The predicted molar refractivity (Wildman–Crippen MR) is 107 cm³/mol. The van der Waals surface area contributed by atoms with Crippen molar-refractivity contribution in [1.82, 2.24) is 15.3 Å². The van der Waals surface area contributed by atoms with E-state index in [2.05, 4.69) is 29.1 Å². The average Bonchev–Trinajstić information content (AvgIpc) is 2.95. The first-order valence-corrected chi connectivity index (χ1v) is 9.97. The van der Waals surface area contributed by atoms with Gasteiger partial charge < -0.3 is 10.1 Å². The molecule has 3 aromatic rings. The number of carbonyl (C=O) groups excluding carboxylic acids is 1. The number of nitrogens with zero attached hydrogens (tertiary/aromatic N) is 2. The number of ether oxygens (including phenoxy) is 1. The molecule has 0 aliphatic heterocycles. The second-order valence-electron chi connectivity index (χ2n) is 5.97. The fourth-order valence-corrected chi connectivity index (χ4v) is 4.60. The van der Waals surface area contributed by atoms with Crippen LogP contribution in [0.4, 0.5) is 0 Å². The second kappa shape index (κ2) is 8.05. The number of amides is 1. The molecule has 7 heteroatoms. The lowest BCUT2D eigenvalue weighted by Gasteiger charge is -2.12. The number of carbonyl (C=O) groups is 1. The van der Waals surface area contributed by atoms with E-state index < -0.39 is 0 Å². The van der Waals surface area contributed by atoms with E-state index in [0.717, 1.165) is 26.6 Å². The number of benzene rings is 1. The summed E-state index contributed by atoms with van der Waals surface area (Å²) in [7, 11) is 1.64. The van der Waals surface area contributed by atoms with Crippen LogP contribution in [-0.2, 0) is 11.3 Å². The summed E-state index contributed by atoms with van der Waals surface area (Å²) in [4.78, 5) is 23.4. The Bertz CT molecular complexity index is 922. The molecule has 0 spiro atoms. The van der Waals surface area contributed by atoms with Gasteiger partial charge in [0.1, 0.15) is 21.9 Å². The molecule has 0 radical (unpaired) electrons. The molecule has 0 bridgehead atoms. The zero-order valence-electron chi connectivity index (χ0n) is 15.2. The third-order valence-corrected chi connectivity index (χ3v) is 6.43. The fraction of sp³-hybridized carbons (Fsp3) is 0.316. The molecular weight excluding hydrogens is 366 g/mol. The zero-order valence-corrected chi connectivity index (χ0v) is 16.8. The molecule has 136 valence electrons. The van der Waals surface area contributed by atoms with Crippen LogP contribution in [0.3, 0.4) is 0 Å². The van der Waals surface area contributed by atoms with E-state index >= 15 is 0 Å². The largest absolute Gasteiger partial charge is 0.497 e. The SMILES string of the molecule is COc1ccc(CNC(=O)C(C)Sc2ncnc3sc(C)c(C)c23)cc1. The summed E-state index contributed by atoms with van der Waals surface area (Å²) >= 11 is 3.14.